The number of hydrogen-bond acceptors (Lipinski definition) is 3. The van der Waals surface area contributed by atoms with Crippen LogP contribution in [0.25, 0.3) is 10.9 Å². The van der Waals surface area contributed by atoms with Gasteiger partial charge in [-0.1, -0.05) is 12.1 Å². The lowest BCUT2D eigenvalue weighted by molar-refractivity contribution is -0.117. The molecule has 17 heavy (non-hydrogen) atoms. The van der Waals surface area contributed by atoms with Crippen molar-refractivity contribution < 1.29 is 9.90 Å². The summed E-state index contributed by atoms with van der Waals surface area (Å²) < 4.78 is 1.75. The van der Waals surface area contributed by atoms with Crippen molar-refractivity contribution in [1.82, 2.24) is 9.78 Å². The molecule has 0 radical (unpaired) electrons. The van der Waals surface area contributed by atoms with Gasteiger partial charge in [0.05, 0.1) is 36.5 Å². The smallest absolute Gasteiger partial charge is 0.229 e. The molecule has 1 fully saturated rings. The summed E-state index contributed by atoms with van der Waals surface area (Å²) in [7, 11) is 1.85. The molecule has 0 saturated carbocycles. The number of carbonyl (C=O) groups is 1. The molecule has 5 heteroatoms. The van der Waals surface area contributed by atoms with Crippen LogP contribution in [0.1, 0.15) is 6.42 Å². The van der Waals surface area contributed by atoms with Crippen molar-refractivity contribution in [3.63, 3.8) is 0 Å². The van der Waals surface area contributed by atoms with Crippen molar-refractivity contribution in [3.05, 3.63) is 24.4 Å². The van der Waals surface area contributed by atoms with E-state index in [0.717, 1.165) is 16.6 Å². The van der Waals surface area contributed by atoms with Crippen molar-refractivity contribution in [1.29, 1.82) is 0 Å². The van der Waals surface area contributed by atoms with Crippen LogP contribution in [0.2, 0.25) is 0 Å². The Morgan fingerprint density at radius 2 is 2.29 bits per heavy atom. The predicted octanol–water partition coefficient (Wildman–Crippen LogP) is 0.671. The molecule has 1 aliphatic heterocycles. The van der Waals surface area contributed by atoms with Gasteiger partial charge in [-0.2, -0.15) is 5.10 Å². The lowest BCUT2D eigenvalue weighted by Crippen LogP contribution is -2.25. The normalized spacial score (nSPS) is 20.5. The Labute approximate surface area is 98.3 Å². The van der Waals surface area contributed by atoms with E-state index in [1.165, 1.54) is 0 Å². The molecule has 1 unspecified atom stereocenters. The van der Waals surface area contributed by atoms with Gasteiger partial charge in [-0.05, 0) is 6.07 Å². The zero-order valence-corrected chi connectivity index (χ0v) is 9.50. The van der Waals surface area contributed by atoms with E-state index in [9.17, 15) is 9.90 Å². The minimum absolute atomic E-state index is 0.0359. The second-order valence-corrected chi connectivity index (χ2v) is 4.35. The average molecular weight is 231 g/mol. The Hall–Kier alpha value is -1.88. The van der Waals surface area contributed by atoms with Gasteiger partial charge in [-0.25, -0.2) is 0 Å². The molecule has 0 aliphatic carbocycles. The van der Waals surface area contributed by atoms with E-state index in [0.29, 0.717) is 6.54 Å². The predicted molar refractivity (Wildman–Crippen MR) is 63.7 cm³/mol. The van der Waals surface area contributed by atoms with Gasteiger partial charge >= 0.3 is 0 Å². The second-order valence-electron chi connectivity index (χ2n) is 4.35. The summed E-state index contributed by atoms with van der Waals surface area (Å²) in [5.74, 6) is -0.0359. The Balaban J connectivity index is 2.17. The number of aliphatic hydroxyl groups excluding tert-OH is 1. The number of carbonyl (C=O) groups excluding carboxylic acids is 1. The number of hydrogen-bond donors (Lipinski definition) is 1. The van der Waals surface area contributed by atoms with Crippen molar-refractivity contribution in [2.75, 3.05) is 11.4 Å². The summed E-state index contributed by atoms with van der Waals surface area (Å²) in [4.78, 5) is 13.4. The summed E-state index contributed by atoms with van der Waals surface area (Å²) in [6, 6.07) is 5.75. The third-order valence-corrected chi connectivity index (χ3v) is 3.13. The van der Waals surface area contributed by atoms with E-state index >= 15 is 0 Å². The number of fused-ring (bicyclic) bond motifs is 1. The Bertz CT molecular complexity index is 590. The molecule has 5 nitrogen and oxygen atoms in total. The molecule has 1 saturated heterocycles. The van der Waals surface area contributed by atoms with Gasteiger partial charge < -0.3 is 10.0 Å². The van der Waals surface area contributed by atoms with Gasteiger partial charge in [0, 0.05) is 12.4 Å². The molecule has 1 amide bonds. The summed E-state index contributed by atoms with van der Waals surface area (Å²) in [5, 5.41) is 14.7. The first-order valence-corrected chi connectivity index (χ1v) is 5.56. The maximum absolute atomic E-state index is 11.8. The van der Waals surface area contributed by atoms with E-state index in [1.54, 1.807) is 15.8 Å². The zero-order chi connectivity index (χ0) is 12.0. The molecule has 1 aromatic heterocycles. The molecule has 88 valence electrons. The largest absolute Gasteiger partial charge is 0.391 e. The number of rotatable bonds is 1. The van der Waals surface area contributed by atoms with Gasteiger partial charge in [0.2, 0.25) is 5.91 Å². The van der Waals surface area contributed by atoms with Crippen LogP contribution in [0.15, 0.2) is 24.4 Å². The van der Waals surface area contributed by atoms with E-state index < -0.39 is 6.10 Å². The third-order valence-electron chi connectivity index (χ3n) is 3.13. The fourth-order valence-corrected chi connectivity index (χ4v) is 2.35. The molecule has 3 rings (SSSR count). The van der Waals surface area contributed by atoms with Gasteiger partial charge in [-0.3, -0.25) is 9.48 Å². The highest BCUT2D eigenvalue weighted by molar-refractivity contribution is 6.03. The summed E-state index contributed by atoms with van der Waals surface area (Å²) >= 11 is 0. The fraction of sp³-hybridized carbons (Fsp3) is 0.333. The highest BCUT2D eigenvalue weighted by atomic mass is 16.3. The Morgan fingerprint density at radius 1 is 1.47 bits per heavy atom. The van der Waals surface area contributed by atoms with Crippen LogP contribution in [-0.4, -0.2) is 33.4 Å². The quantitative estimate of drug-likeness (QED) is 0.784. The first-order valence-electron chi connectivity index (χ1n) is 5.56. The van der Waals surface area contributed by atoms with Crippen molar-refractivity contribution >= 4 is 22.5 Å². The number of anilines is 1. The molecule has 2 aromatic rings. The molecule has 0 bridgehead atoms. The van der Waals surface area contributed by atoms with Crippen LogP contribution >= 0.6 is 0 Å². The summed E-state index contributed by atoms with van der Waals surface area (Å²) in [5.41, 5.74) is 1.75. The number of benzene rings is 1. The first kappa shape index (κ1) is 10.3. The second kappa shape index (κ2) is 3.56. The highest BCUT2D eigenvalue weighted by Crippen LogP contribution is 2.29. The fourth-order valence-electron chi connectivity index (χ4n) is 2.35. The van der Waals surface area contributed by atoms with Crippen molar-refractivity contribution in [2.45, 2.75) is 12.5 Å². The van der Waals surface area contributed by atoms with Gasteiger partial charge in [0.1, 0.15) is 0 Å². The number of aliphatic hydroxyl groups is 1. The van der Waals surface area contributed by atoms with E-state index in [-0.39, 0.29) is 12.3 Å². The summed E-state index contributed by atoms with van der Waals surface area (Å²) in [6.45, 7) is 0.364. The minimum atomic E-state index is -0.564. The van der Waals surface area contributed by atoms with Gasteiger partial charge in [-0.15, -0.1) is 0 Å². The lowest BCUT2D eigenvalue weighted by Gasteiger charge is -2.17. The minimum Gasteiger partial charge on any atom is -0.391 e. The average Bonchev–Trinajstić information content (AvgIpc) is 2.83. The number of aryl methyl sites for hydroxylation is 1. The molecule has 0 spiro atoms. The van der Waals surface area contributed by atoms with Crippen LogP contribution in [0.5, 0.6) is 0 Å². The van der Waals surface area contributed by atoms with E-state index in [1.807, 2.05) is 25.2 Å². The molecule has 1 aliphatic rings. The topological polar surface area (TPSA) is 58.4 Å². The monoisotopic (exact) mass is 231 g/mol. The van der Waals surface area contributed by atoms with Gasteiger partial charge in [0.25, 0.3) is 0 Å². The molecular weight excluding hydrogens is 218 g/mol. The van der Waals surface area contributed by atoms with Crippen LogP contribution < -0.4 is 4.90 Å². The molecular formula is C12H13N3O2. The van der Waals surface area contributed by atoms with Crippen molar-refractivity contribution in [3.8, 4) is 0 Å². The molecule has 2 heterocycles. The number of β-amino-alcohol motifs (C(OH)–C–C–N with tert-alkyl or cyclic N) is 1. The number of para-hydroxylation sites is 1. The SMILES string of the molecule is Cn1ncc2cccc(N3CC(O)CC3=O)c21. The number of aromatic nitrogens is 2. The first-order chi connectivity index (χ1) is 8.16. The lowest BCUT2D eigenvalue weighted by atomic mass is 10.2. The standard InChI is InChI=1S/C12H13N3O2/c1-14-12-8(6-13-14)3-2-4-10(12)15-7-9(16)5-11(15)17/h2-4,6,9,16H,5,7H2,1H3. The molecule has 1 aromatic carbocycles. The third kappa shape index (κ3) is 1.51. The molecule has 1 atom stereocenters. The maximum Gasteiger partial charge on any atom is 0.229 e. The van der Waals surface area contributed by atoms with Crippen LogP contribution in [0.4, 0.5) is 5.69 Å². The van der Waals surface area contributed by atoms with Gasteiger partial charge in [0.15, 0.2) is 0 Å². The Kier molecular flexibility index (Phi) is 2.16. The number of nitrogens with zero attached hydrogens (tertiary/aromatic N) is 3. The summed E-state index contributed by atoms with van der Waals surface area (Å²) in [6.07, 6.45) is 1.41. The van der Waals surface area contributed by atoms with Crippen LogP contribution in [-0.2, 0) is 11.8 Å². The van der Waals surface area contributed by atoms with E-state index in [2.05, 4.69) is 5.10 Å². The maximum atomic E-state index is 11.8. The van der Waals surface area contributed by atoms with Crippen molar-refractivity contribution in [2.24, 2.45) is 7.05 Å². The zero-order valence-electron chi connectivity index (χ0n) is 9.50. The van der Waals surface area contributed by atoms with E-state index in [4.69, 9.17) is 0 Å². The molecule has 1 N–H and O–H groups in total. The Morgan fingerprint density at radius 3 is 3.00 bits per heavy atom. The highest BCUT2D eigenvalue weighted by Gasteiger charge is 2.30. The number of amides is 1. The van der Waals surface area contributed by atoms with Crippen LogP contribution in [0, 0.1) is 0 Å². The van der Waals surface area contributed by atoms with Crippen LogP contribution in [0.3, 0.4) is 0 Å².